The van der Waals surface area contributed by atoms with E-state index in [9.17, 15) is 10.1 Å². The molecule has 0 aliphatic rings. The molecular formula is C11H19N5O2. The largest absolute Gasteiger partial charge is 0.378 e. The Kier molecular flexibility index (Phi) is 5.29. The molecule has 3 N–H and O–H groups in total. The van der Waals surface area contributed by atoms with Gasteiger partial charge in [0.2, 0.25) is 11.6 Å². The van der Waals surface area contributed by atoms with Crippen LogP contribution in [-0.2, 0) is 0 Å². The van der Waals surface area contributed by atoms with Crippen molar-refractivity contribution in [1.29, 1.82) is 0 Å². The summed E-state index contributed by atoms with van der Waals surface area (Å²) in [6.07, 6.45) is 4.42. The molecule has 0 aromatic carbocycles. The minimum Gasteiger partial charge on any atom is -0.378 e. The molecule has 7 nitrogen and oxygen atoms in total. The van der Waals surface area contributed by atoms with Crippen molar-refractivity contribution in [3.8, 4) is 0 Å². The lowest BCUT2D eigenvalue weighted by Gasteiger charge is -2.14. The molecule has 0 saturated carbocycles. The maximum Gasteiger partial charge on any atom is 0.352 e. The smallest absolute Gasteiger partial charge is 0.352 e. The number of rotatable bonds is 7. The first-order chi connectivity index (χ1) is 8.60. The quantitative estimate of drug-likeness (QED) is 0.569. The lowest BCUT2D eigenvalue weighted by atomic mass is 10.0. The molecule has 1 aromatic rings. The average Bonchev–Trinajstić information content (AvgIpc) is 2.33. The van der Waals surface area contributed by atoms with E-state index in [0.29, 0.717) is 12.5 Å². The third-order valence-corrected chi connectivity index (χ3v) is 2.87. The van der Waals surface area contributed by atoms with E-state index in [1.807, 2.05) is 0 Å². The molecule has 0 spiro atoms. The van der Waals surface area contributed by atoms with Crippen molar-refractivity contribution in [2.45, 2.75) is 33.1 Å². The summed E-state index contributed by atoms with van der Waals surface area (Å²) >= 11 is 0. The number of hydrogen-bond donors (Lipinski definition) is 2. The lowest BCUT2D eigenvalue weighted by Crippen LogP contribution is -2.16. The molecule has 0 bridgehead atoms. The number of hydrogen-bond acceptors (Lipinski definition) is 6. The number of nitrogens with one attached hydrogen (secondary N) is 1. The van der Waals surface area contributed by atoms with Crippen LogP contribution in [0.15, 0.2) is 6.33 Å². The van der Waals surface area contributed by atoms with E-state index in [0.717, 1.165) is 19.3 Å². The molecule has 18 heavy (non-hydrogen) atoms. The summed E-state index contributed by atoms with van der Waals surface area (Å²) in [6.45, 7) is 4.88. The van der Waals surface area contributed by atoms with Gasteiger partial charge in [-0.05, 0) is 12.3 Å². The first-order valence-corrected chi connectivity index (χ1v) is 6.08. The normalized spacial score (nSPS) is 12.1. The highest BCUT2D eigenvalue weighted by molar-refractivity contribution is 5.67. The van der Waals surface area contributed by atoms with Gasteiger partial charge in [-0.2, -0.15) is 0 Å². The summed E-state index contributed by atoms with van der Waals surface area (Å²) < 4.78 is 0. The third kappa shape index (κ3) is 3.54. The second-order valence-electron chi connectivity index (χ2n) is 4.16. The molecular weight excluding hydrogens is 234 g/mol. The van der Waals surface area contributed by atoms with Gasteiger partial charge >= 0.3 is 5.69 Å². The van der Waals surface area contributed by atoms with Crippen molar-refractivity contribution in [3.05, 3.63) is 16.4 Å². The first kappa shape index (κ1) is 14.1. The number of aromatic nitrogens is 2. The number of anilines is 2. The van der Waals surface area contributed by atoms with Crippen LogP contribution in [0.3, 0.4) is 0 Å². The van der Waals surface area contributed by atoms with Gasteiger partial charge in [-0.1, -0.05) is 26.7 Å². The van der Waals surface area contributed by atoms with Gasteiger partial charge in [0.05, 0.1) is 4.92 Å². The van der Waals surface area contributed by atoms with Crippen LogP contribution in [0.5, 0.6) is 0 Å². The molecule has 1 atom stereocenters. The summed E-state index contributed by atoms with van der Waals surface area (Å²) in [5.74, 6) is 0.564. The second-order valence-corrected chi connectivity index (χ2v) is 4.16. The molecule has 1 aromatic heterocycles. The van der Waals surface area contributed by atoms with Gasteiger partial charge in [-0.3, -0.25) is 10.1 Å². The molecule has 0 aliphatic carbocycles. The maximum absolute atomic E-state index is 10.9. The number of nitrogens with zero attached hydrogens (tertiary/aromatic N) is 3. The van der Waals surface area contributed by atoms with Gasteiger partial charge in [0.15, 0.2) is 0 Å². The predicted molar refractivity (Wildman–Crippen MR) is 70.3 cm³/mol. The summed E-state index contributed by atoms with van der Waals surface area (Å²) in [6, 6.07) is 0. The molecule has 0 radical (unpaired) electrons. The van der Waals surface area contributed by atoms with E-state index >= 15 is 0 Å². The Balaban J connectivity index is 2.78. The molecule has 1 heterocycles. The van der Waals surface area contributed by atoms with Crippen LogP contribution in [0.4, 0.5) is 17.3 Å². The number of nitro groups is 1. The summed E-state index contributed by atoms with van der Waals surface area (Å²) in [5, 5.41) is 13.9. The van der Waals surface area contributed by atoms with Crippen molar-refractivity contribution in [2.24, 2.45) is 5.92 Å². The van der Waals surface area contributed by atoms with Crippen LogP contribution in [0.1, 0.15) is 33.1 Å². The fourth-order valence-electron chi connectivity index (χ4n) is 1.80. The Morgan fingerprint density at radius 2 is 2.22 bits per heavy atom. The zero-order valence-electron chi connectivity index (χ0n) is 10.7. The average molecular weight is 253 g/mol. The molecule has 0 unspecified atom stereocenters. The van der Waals surface area contributed by atoms with Crippen molar-refractivity contribution < 1.29 is 4.92 Å². The van der Waals surface area contributed by atoms with Crippen LogP contribution in [-0.4, -0.2) is 21.4 Å². The van der Waals surface area contributed by atoms with Crippen LogP contribution >= 0.6 is 0 Å². The van der Waals surface area contributed by atoms with E-state index in [4.69, 9.17) is 5.73 Å². The molecule has 7 heteroatoms. The SMILES string of the molecule is CCC[C@H](CC)CNc1ncnc(N)c1[N+](=O)[O-]. The molecule has 0 aliphatic heterocycles. The molecule has 100 valence electrons. The van der Waals surface area contributed by atoms with E-state index in [2.05, 4.69) is 29.1 Å². The molecule has 0 amide bonds. The van der Waals surface area contributed by atoms with Crippen molar-refractivity contribution in [3.63, 3.8) is 0 Å². The van der Waals surface area contributed by atoms with Gasteiger partial charge in [0.1, 0.15) is 6.33 Å². The van der Waals surface area contributed by atoms with Crippen molar-refractivity contribution in [2.75, 3.05) is 17.6 Å². The van der Waals surface area contributed by atoms with E-state index in [-0.39, 0.29) is 17.3 Å². The highest BCUT2D eigenvalue weighted by Gasteiger charge is 2.21. The van der Waals surface area contributed by atoms with E-state index in [1.54, 1.807) is 0 Å². The standard InChI is InChI=1S/C11H19N5O2/c1-3-5-8(4-2)6-13-11-9(16(17)18)10(12)14-7-15-11/h7-8H,3-6H2,1-2H3,(H3,12,13,14,15)/t8-/m0/s1. The minimum atomic E-state index is -0.557. The van der Waals surface area contributed by atoms with Gasteiger partial charge < -0.3 is 11.1 Å². The number of nitrogens with two attached hydrogens (primary N) is 1. The predicted octanol–water partition coefficient (Wildman–Crippen LogP) is 2.21. The Hall–Kier alpha value is -1.92. The van der Waals surface area contributed by atoms with E-state index in [1.165, 1.54) is 6.33 Å². The fourth-order valence-corrected chi connectivity index (χ4v) is 1.80. The molecule has 1 rings (SSSR count). The highest BCUT2D eigenvalue weighted by atomic mass is 16.6. The van der Waals surface area contributed by atoms with Gasteiger partial charge in [-0.25, -0.2) is 9.97 Å². The van der Waals surface area contributed by atoms with Crippen LogP contribution in [0, 0.1) is 16.0 Å². The summed E-state index contributed by atoms with van der Waals surface area (Å²) in [7, 11) is 0. The molecule has 0 fully saturated rings. The number of nitrogen functional groups attached to an aromatic ring is 1. The van der Waals surface area contributed by atoms with Gasteiger partial charge in [-0.15, -0.1) is 0 Å². The van der Waals surface area contributed by atoms with E-state index < -0.39 is 4.92 Å². The van der Waals surface area contributed by atoms with Crippen LogP contribution in [0.25, 0.3) is 0 Å². The molecule has 0 saturated heterocycles. The lowest BCUT2D eigenvalue weighted by molar-refractivity contribution is -0.383. The second kappa shape index (κ2) is 6.73. The van der Waals surface area contributed by atoms with Crippen molar-refractivity contribution in [1.82, 2.24) is 9.97 Å². The summed E-state index contributed by atoms with van der Waals surface area (Å²) in [5.41, 5.74) is 5.24. The van der Waals surface area contributed by atoms with Gasteiger partial charge in [0, 0.05) is 6.54 Å². The van der Waals surface area contributed by atoms with Gasteiger partial charge in [0.25, 0.3) is 0 Å². The fraction of sp³-hybridized carbons (Fsp3) is 0.636. The Labute approximate surface area is 106 Å². The Morgan fingerprint density at radius 3 is 2.78 bits per heavy atom. The topological polar surface area (TPSA) is 107 Å². The van der Waals surface area contributed by atoms with Crippen LogP contribution in [0.2, 0.25) is 0 Å². The third-order valence-electron chi connectivity index (χ3n) is 2.87. The zero-order valence-corrected chi connectivity index (χ0v) is 10.7. The Bertz CT molecular complexity index is 410. The summed E-state index contributed by atoms with van der Waals surface area (Å²) in [4.78, 5) is 17.8. The highest BCUT2D eigenvalue weighted by Crippen LogP contribution is 2.26. The zero-order chi connectivity index (χ0) is 13.5. The monoisotopic (exact) mass is 253 g/mol. The first-order valence-electron chi connectivity index (χ1n) is 6.08. The minimum absolute atomic E-state index is 0.110. The Morgan fingerprint density at radius 1 is 1.50 bits per heavy atom. The van der Waals surface area contributed by atoms with Crippen LogP contribution < -0.4 is 11.1 Å². The maximum atomic E-state index is 10.9. The van der Waals surface area contributed by atoms with Crippen molar-refractivity contribution >= 4 is 17.3 Å².